The van der Waals surface area contributed by atoms with E-state index < -0.39 is 28.5 Å². The minimum Gasteiger partial charge on any atom is -0.495 e. The molecule has 2 amide bonds. The van der Waals surface area contributed by atoms with E-state index >= 15 is 0 Å². The fraction of sp³-hybridized carbons (Fsp3) is 0.440. The van der Waals surface area contributed by atoms with E-state index in [1.165, 1.54) is 18.1 Å². The number of rotatable bonds is 12. The third-order valence-electron chi connectivity index (χ3n) is 5.63. The van der Waals surface area contributed by atoms with E-state index in [1.54, 1.807) is 12.1 Å². The van der Waals surface area contributed by atoms with Crippen LogP contribution >= 0.6 is 11.6 Å². The fourth-order valence-corrected chi connectivity index (χ4v) is 4.72. The number of carbonyl (C=O) groups is 2. The van der Waals surface area contributed by atoms with Crippen LogP contribution in [0.3, 0.4) is 0 Å². The predicted molar refractivity (Wildman–Crippen MR) is 139 cm³/mol. The number of sulfonamides is 1. The van der Waals surface area contributed by atoms with Crippen molar-refractivity contribution >= 4 is 39.1 Å². The molecule has 0 radical (unpaired) electrons. The summed E-state index contributed by atoms with van der Waals surface area (Å²) in [6, 6.07) is 11.4. The number of amides is 2. The summed E-state index contributed by atoms with van der Waals surface area (Å²) in [7, 11) is -2.49. The number of benzene rings is 2. The van der Waals surface area contributed by atoms with Crippen molar-refractivity contribution in [2.24, 2.45) is 0 Å². The van der Waals surface area contributed by atoms with Crippen LogP contribution in [0.5, 0.6) is 5.75 Å². The first-order valence-corrected chi connectivity index (χ1v) is 13.7. The van der Waals surface area contributed by atoms with Gasteiger partial charge in [-0.25, -0.2) is 8.42 Å². The van der Waals surface area contributed by atoms with Crippen LogP contribution in [-0.2, 0) is 26.2 Å². The van der Waals surface area contributed by atoms with E-state index in [9.17, 15) is 18.0 Å². The van der Waals surface area contributed by atoms with Crippen molar-refractivity contribution in [3.05, 3.63) is 58.6 Å². The Kier molecular flexibility index (Phi) is 10.4. The van der Waals surface area contributed by atoms with Crippen LogP contribution in [0.4, 0.5) is 5.69 Å². The summed E-state index contributed by atoms with van der Waals surface area (Å²) in [6.07, 6.45) is 2.13. The molecular weight excluding hydrogens is 490 g/mol. The van der Waals surface area contributed by atoms with Gasteiger partial charge in [0.1, 0.15) is 18.3 Å². The zero-order chi connectivity index (χ0) is 26.2. The van der Waals surface area contributed by atoms with Crippen LogP contribution in [0, 0.1) is 6.92 Å². The van der Waals surface area contributed by atoms with Gasteiger partial charge in [0.15, 0.2) is 0 Å². The summed E-state index contributed by atoms with van der Waals surface area (Å²) >= 11 is 6.13. The van der Waals surface area contributed by atoms with Crippen molar-refractivity contribution in [2.45, 2.75) is 46.2 Å². The van der Waals surface area contributed by atoms with E-state index in [1.807, 2.05) is 45.0 Å². The number of nitrogens with zero attached hydrogens (tertiary/aromatic N) is 2. The van der Waals surface area contributed by atoms with Gasteiger partial charge < -0.3 is 15.0 Å². The van der Waals surface area contributed by atoms with Crippen molar-refractivity contribution in [3.63, 3.8) is 0 Å². The van der Waals surface area contributed by atoms with Crippen molar-refractivity contribution in [1.29, 1.82) is 0 Å². The normalized spacial score (nSPS) is 12.1. The number of aryl methyl sites for hydroxylation is 1. The third-order valence-corrected chi connectivity index (χ3v) is 6.99. The molecule has 1 N–H and O–H groups in total. The van der Waals surface area contributed by atoms with Crippen LogP contribution < -0.4 is 14.4 Å². The monoisotopic (exact) mass is 523 g/mol. The highest BCUT2D eigenvalue weighted by Gasteiger charge is 2.32. The Morgan fingerprint density at radius 1 is 1.14 bits per heavy atom. The van der Waals surface area contributed by atoms with Crippen molar-refractivity contribution in [1.82, 2.24) is 10.2 Å². The second-order valence-electron chi connectivity index (χ2n) is 8.25. The van der Waals surface area contributed by atoms with Gasteiger partial charge in [-0.15, -0.1) is 0 Å². The number of carbonyl (C=O) groups excluding carboxylic acids is 2. The molecule has 0 spiro atoms. The topological polar surface area (TPSA) is 96.0 Å². The zero-order valence-electron chi connectivity index (χ0n) is 20.9. The van der Waals surface area contributed by atoms with Crippen LogP contribution in [0.25, 0.3) is 0 Å². The smallest absolute Gasteiger partial charge is 0.244 e. The lowest BCUT2D eigenvalue weighted by Crippen LogP contribution is -2.52. The van der Waals surface area contributed by atoms with E-state index in [2.05, 4.69) is 5.32 Å². The number of hydrogen-bond acceptors (Lipinski definition) is 5. The molecule has 0 heterocycles. The van der Waals surface area contributed by atoms with Gasteiger partial charge in [0.05, 0.1) is 19.1 Å². The first kappa shape index (κ1) is 28.5. The Bertz CT molecular complexity index is 1140. The minimum atomic E-state index is -3.90. The second kappa shape index (κ2) is 12.8. The predicted octanol–water partition coefficient (Wildman–Crippen LogP) is 3.76. The number of anilines is 1. The molecule has 8 nitrogen and oxygen atoms in total. The molecule has 192 valence electrons. The maximum atomic E-state index is 13.7. The van der Waals surface area contributed by atoms with Gasteiger partial charge in [0.2, 0.25) is 21.8 Å². The molecule has 0 fully saturated rings. The Labute approximate surface area is 213 Å². The fourth-order valence-electron chi connectivity index (χ4n) is 3.71. The molecule has 35 heavy (non-hydrogen) atoms. The highest BCUT2D eigenvalue weighted by Crippen LogP contribution is 2.33. The van der Waals surface area contributed by atoms with Crippen molar-refractivity contribution < 1.29 is 22.7 Å². The molecule has 0 saturated carbocycles. The van der Waals surface area contributed by atoms with E-state index in [-0.39, 0.29) is 23.9 Å². The Morgan fingerprint density at radius 2 is 1.83 bits per heavy atom. The zero-order valence-corrected chi connectivity index (χ0v) is 22.4. The molecule has 0 bridgehead atoms. The highest BCUT2D eigenvalue weighted by molar-refractivity contribution is 7.92. The summed E-state index contributed by atoms with van der Waals surface area (Å²) < 4.78 is 31.8. The molecule has 10 heteroatoms. The van der Waals surface area contributed by atoms with Crippen molar-refractivity contribution in [2.75, 3.05) is 30.8 Å². The molecule has 0 aliphatic carbocycles. The standard InChI is InChI=1S/C25H34ClN3O5S/c1-6-14-27-25(31)21(7-2)28(16-19-11-9-8-10-18(19)3)24(30)17-29(35(5,32)33)22-15-20(26)12-13-23(22)34-4/h8-13,15,21H,6-7,14,16-17H2,1-5H3,(H,27,31)/t21-/m1/s1. The Balaban J connectivity index is 2.51. The quantitative estimate of drug-likeness (QED) is 0.457. The highest BCUT2D eigenvalue weighted by atomic mass is 35.5. The molecule has 2 aromatic rings. The number of nitrogens with one attached hydrogen (secondary N) is 1. The van der Waals surface area contributed by atoms with E-state index in [0.29, 0.717) is 18.0 Å². The van der Waals surface area contributed by atoms with Crippen molar-refractivity contribution in [3.8, 4) is 5.75 Å². The van der Waals surface area contributed by atoms with Gasteiger partial charge in [0.25, 0.3) is 0 Å². The molecule has 0 aliphatic rings. The van der Waals surface area contributed by atoms with Gasteiger partial charge in [-0.3, -0.25) is 13.9 Å². The number of ether oxygens (including phenoxy) is 1. The average molecular weight is 524 g/mol. The molecule has 0 saturated heterocycles. The molecule has 0 aliphatic heterocycles. The van der Waals surface area contributed by atoms with Crippen LogP contribution in [0.15, 0.2) is 42.5 Å². The van der Waals surface area contributed by atoms with Crippen LogP contribution in [-0.4, -0.2) is 57.6 Å². The SMILES string of the molecule is CCCNC(=O)[C@@H](CC)N(Cc1ccccc1C)C(=O)CN(c1cc(Cl)ccc1OC)S(C)(=O)=O. The van der Waals surface area contributed by atoms with Gasteiger partial charge in [-0.2, -0.15) is 0 Å². The van der Waals surface area contributed by atoms with Crippen LogP contribution in [0.1, 0.15) is 37.8 Å². The molecule has 0 unspecified atom stereocenters. The first-order chi connectivity index (χ1) is 16.5. The molecule has 1 atom stereocenters. The summed E-state index contributed by atoms with van der Waals surface area (Å²) in [5.41, 5.74) is 1.98. The second-order valence-corrected chi connectivity index (χ2v) is 10.6. The molecule has 0 aromatic heterocycles. The summed E-state index contributed by atoms with van der Waals surface area (Å²) in [6.45, 7) is 5.82. The molecule has 2 rings (SSSR count). The Morgan fingerprint density at radius 3 is 2.40 bits per heavy atom. The third kappa shape index (κ3) is 7.60. The summed E-state index contributed by atoms with van der Waals surface area (Å²) in [5, 5.41) is 3.15. The van der Waals surface area contributed by atoms with Gasteiger partial charge in [0, 0.05) is 18.1 Å². The number of methoxy groups -OCH3 is 1. The Hall–Kier alpha value is -2.78. The average Bonchev–Trinajstić information content (AvgIpc) is 2.81. The lowest BCUT2D eigenvalue weighted by Gasteiger charge is -2.33. The summed E-state index contributed by atoms with van der Waals surface area (Å²) in [4.78, 5) is 28.1. The largest absolute Gasteiger partial charge is 0.495 e. The van der Waals surface area contributed by atoms with Crippen LogP contribution in [0.2, 0.25) is 5.02 Å². The maximum Gasteiger partial charge on any atom is 0.244 e. The maximum absolute atomic E-state index is 13.7. The van der Waals surface area contributed by atoms with E-state index in [0.717, 1.165) is 28.1 Å². The number of hydrogen-bond donors (Lipinski definition) is 1. The molecular formula is C25H34ClN3O5S. The number of halogens is 1. The minimum absolute atomic E-state index is 0.148. The first-order valence-electron chi connectivity index (χ1n) is 11.5. The lowest BCUT2D eigenvalue weighted by molar-refractivity contribution is -0.140. The van der Waals surface area contributed by atoms with Gasteiger partial charge in [-0.1, -0.05) is 49.7 Å². The van der Waals surface area contributed by atoms with E-state index in [4.69, 9.17) is 16.3 Å². The summed E-state index contributed by atoms with van der Waals surface area (Å²) in [5.74, 6) is -0.535. The van der Waals surface area contributed by atoms with Gasteiger partial charge >= 0.3 is 0 Å². The van der Waals surface area contributed by atoms with Gasteiger partial charge in [-0.05, 0) is 49.1 Å². The molecule has 2 aromatic carbocycles. The lowest BCUT2D eigenvalue weighted by atomic mass is 10.1.